The number of halogens is 1. The van der Waals surface area contributed by atoms with E-state index in [-0.39, 0.29) is 25.4 Å². The molecule has 0 radical (unpaired) electrons. The Morgan fingerprint density at radius 1 is 0.972 bits per heavy atom. The Hall–Kier alpha value is -4.24. The molecule has 36 heavy (non-hydrogen) atoms. The van der Waals surface area contributed by atoms with Crippen LogP contribution in [-0.2, 0) is 16.1 Å². The average Bonchev–Trinajstić information content (AvgIpc) is 3.19. The second kappa shape index (κ2) is 11.0. The molecule has 0 saturated carbocycles. The molecule has 1 saturated heterocycles. The molecule has 0 spiro atoms. The Labute approximate surface area is 207 Å². The van der Waals surface area contributed by atoms with Gasteiger partial charge in [-0.2, -0.15) is 0 Å². The molecule has 0 aromatic heterocycles. The minimum absolute atomic E-state index is 0.0738. The predicted molar refractivity (Wildman–Crippen MR) is 130 cm³/mol. The number of aliphatic hydroxyl groups is 1. The van der Waals surface area contributed by atoms with Crippen LogP contribution in [0, 0.1) is 5.82 Å². The van der Waals surface area contributed by atoms with Crippen LogP contribution < -0.4 is 16.0 Å². The summed E-state index contributed by atoms with van der Waals surface area (Å²) in [6.45, 7) is 0.302. The van der Waals surface area contributed by atoms with Crippen molar-refractivity contribution < 1.29 is 28.6 Å². The molecule has 1 aliphatic rings. The first-order valence-corrected chi connectivity index (χ1v) is 11.5. The topological polar surface area (TPSA) is 117 Å². The van der Waals surface area contributed by atoms with Crippen LogP contribution in [0.2, 0.25) is 0 Å². The molecule has 3 aromatic rings. The van der Waals surface area contributed by atoms with E-state index < -0.39 is 29.7 Å². The predicted octanol–water partition coefficient (Wildman–Crippen LogP) is 3.81. The highest BCUT2D eigenvalue weighted by Crippen LogP contribution is 2.34. The van der Waals surface area contributed by atoms with Gasteiger partial charge in [0.05, 0.1) is 0 Å². The molecule has 2 unspecified atom stereocenters. The molecule has 0 bridgehead atoms. The fourth-order valence-electron chi connectivity index (χ4n) is 4.13. The van der Waals surface area contributed by atoms with Crippen LogP contribution in [0.25, 0.3) is 11.1 Å². The Kier molecular flexibility index (Phi) is 7.60. The van der Waals surface area contributed by atoms with E-state index in [0.29, 0.717) is 12.0 Å². The summed E-state index contributed by atoms with van der Waals surface area (Å²) in [6, 6.07) is 21.4. The lowest BCUT2D eigenvalue weighted by Gasteiger charge is -2.31. The molecule has 3 aromatic carbocycles. The van der Waals surface area contributed by atoms with E-state index in [2.05, 4.69) is 16.0 Å². The summed E-state index contributed by atoms with van der Waals surface area (Å²) in [7, 11) is 0. The number of ether oxygens (including phenoxy) is 1. The van der Waals surface area contributed by atoms with Crippen LogP contribution >= 0.6 is 0 Å². The molecule has 4 N–H and O–H groups in total. The number of amides is 4. The van der Waals surface area contributed by atoms with Crippen molar-refractivity contribution in [1.29, 1.82) is 0 Å². The minimum Gasteiger partial charge on any atom is -0.445 e. The van der Waals surface area contributed by atoms with Crippen molar-refractivity contribution >= 4 is 18.0 Å². The van der Waals surface area contributed by atoms with Crippen molar-refractivity contribution in [3.8, 4) is 11.1 Å². The fraction of sp³-hybridized carbons (Fsp3) is 0.222. The van der Waals surface area contributed by atoms with E-state index in [4.69, 9.17) is 4.74 Å². The van der Waals surface area contributed by atoms with Gasteiger partial charge >= 0.3 is 12.1 Å². The van der Waals surface area contributed by atoms with Crippen molar-refractivity contribution in [3.05, 3.63) is 95.8 Å². The second-order valence-corrected chi connectivity index (χ2v) is 8.50. The average molecular weight is 492 g/mol. The third-order valence-electron chi connectivity index (χ3n) is 6.07. The summed E-state index contributed by atoms with van der Waals surface area (Å²) in [4.78, 5) is 36.7. The maximum atomic E-state index is 13.2. The van der Waals surface area contributed by atoms with Gasteiger partial charge in [-0.15, -0.1) is 0 Å². The first kappa shape index (κ1) is 24.9. The summed E-state index contributed by atoms with van der Waals surface area (Å²) in [5, 5.41) is 18.5. The zero-order valence-electron chi connectivity index (χ0n) is 19.4. The van der Waals surface area contributed by atoms with Gasteiger partial charge in [-0.25, -0.2) is 14.0 Å². The number of nitrogens with one attached hydrogen (secondary N) is 3. The number of benzene rings is 3. The molecular formula is C27H26FN3O5. The van der Waals surface area contributed by atoms with Crippen LogP contribution in [-0.4, -0.2) is 35.2 Å². The van der Waals surface area contributed by atoms with Crippen LogP contribution in [0.15, 0.2) is 78.9 Å². The molecule has 1 aliphatic heterocycles. The lowest BCUT2D eigenvalue weighted by molar-refractivity contribution is -0.128. The molecule has 186 valence electrons. The quantitative estimate of drug-likeness (QED) is 0.268. The van der Waals surface area contributed by atoms with Crippen molar-refractivity contribution in [2.45, 2.75) is 31.1 Å². The molecule has 8 nitrogen and oxygen atoms in total. The van der Waals surface area contributed by atoms with Crippen molar-refractivity contribution in [3.63, 3.8) is 0 Å². The number of alkyl carbamates (subject to hydrolysis) is 1. The molecule has 1 fully saturated rings. The maximum Gasteiger partial charge on any atom is 0.407 e. The number of urea groups is 1. The summed E-state index contributed by atoms with van der Waals surface area (Å²) >= 11 is 0. The van der Waals surface area contributed by atoms with Gasteiger partial charge in [0.25, 0.3) is 5.91 Å². The molecule has 4 amide bonds. The normalized spacial score (nSPS) is 17.7. The number of hydrogen-bond donors (Lipinski definition) is 4. The minimum atomic E-state index is -1.59. The van der Waals surface area contributed by atoms with Crippen molar-refractivity contribution in [2.24, 2.45) is 0 Å². The molecule has 4 rings (SSSR count). The standard InChI is InChI=1S/C27H26FN3O5/c28-22-13-11-20(12-14-22)19-7-9-21(10-8-19)23(32)27(24(33)30-25(34)31-27)15-4-16-29-26(35)36-17-18-5-2-1-3-6-18/h1-3,5-14,23,32H,4,15-17H2,(H,29,35)(H2,30,31,33,34). The van der Waals surface area contributed by atoms with Gasteiger partial charge in [0.1, 0.15) is 18.5 Å². The first-order valence-electron chi connectivity index (χ1n) is 11.5. The van der Waals surface area contributed by atoms with Crippen molar-refractivity contribution in [1.82, 2.24) is 16.0 Å². The Bertz CT molecular complexity index is 1220. The van der Waals surface area contributed by atoms with Crippen LogP contribution in [0.3, 0.4) is 0 Å². The first-order chi connectivity index (χ1) is 17.4. The zero-order valence-corrected chi connectivity index (χ0v) is 19.4. The van der Waals surface area contributed by atoms with Crippen molar-refractivity contribution in [2.75, 3.05) is 6.54 Å². The van der Waals surface area contributed by atoms with Gasteiger partial charge in [-0.3, -0.25) is 10.1 Å². The van der Waals surface area contributed by atoms with E-state index in [9.17, 15) is 23.9 Å². The highest BCUT2D eigenvalue weighted by molar-refractivity contribution is 6.07. The Morgan fingerprint density at radius 2 is 1.61 bits per heavy atom. The lowest BCUT2D eigenvalue weighted by Crippen LogP contribution is -2.52. The molecule has 0 aliphatic carbocycles. The highest BCUT2D eigenvalue weighted by Gasteiger charge is 2.51. The zero-order chi connectivity index (χ0) is 25.5. The van der Waals surface area contributed by atoms with Gasteiger partial charge < -0.3 is 20.5 Å². The van der Waals surface area contributed by atoms with Gasteiger partial charge in [-0.1, -0.05) is 66.7 Å². The summed E-state index contributed by atoms with van der Waals surface area (Å²) in [5.41, 5.74) is 1.28. The number of carbonyl (C=O) groups is 3. The SMILES string of the molecule is O=C1NC(=O)C(CCCNC(=O)OCc2ccccc2)(C(O)c2ccc(-c3ccc(F)cc3)cc2)N1. The Morgan fingerprint density at radius 3 is 2.22 bits per heavy atom. The van der Waals surface area contributed by atoms with Gasteiger partial charge in [0.2, 0.25) is 0 Å². The Balaban J connectivity index is 1.37. The second-order valence-electron chi connectivity index (χ2n) is 8.50. The van der Waals surface area contributed by atoms with E-state index in [1.807, 2.05) is 30.3 Å². The summed E-state index contributed by atoms with van der Waals surface area (Å²) in [6.07, 6.45) is -1.58. The van der Waals surface area contributed by atoms with Crippen LogP contribution in [0.1, 0.15) is 30.1 Å². The molecule has 9 heteroatoms. The largest absolute Gasteiger partial charge is 0.445 e. The van der Waals surface area contributed by atoms with E-state index >= 15 is 0 Å². The molecule has 1 heterocycles. The van der Waals surface area contributed by atoms with E-state index in [0.717, 1.165) is 16.7 Å². The third-order valence-corrected chi connectivity index (χ3v) is 6.07. The van der Waals surface area contributed by atoms with E-state index in [1.165, 1.54) is 12.1 Å². The molecule has 2 atom stereocenters. The lowest BCUT2D eigenvalue weighted by atomic mass is 9.83. The number of hydrogen-bond acceptors (Lipinski definition) is 5. The number of rotatable bonds is 9. The van der Waals surface area contributed by atoms with Crippen LogP contribution in [0.4, 0.5) is 14.0 Å². The summed E-state index contributed by atoms with van der Waals surface area (Å²) < 4.78 is 18.4. The monoisotopic (exact) mass is 491 g/mol. The highest BCUT2D eigenvalue weighted by atomic mass is 19.1. The number of carbonyl (C=O) groups excluding carboxylic acids is 3. The summed E-state index contributed by atoms with van der Waals surface area (Å²) in [5.74, 6) is -0.982. The van der Waals surface area contributed by atoms with Gasteiger partial charge in [0.15, 0.2) is 5.54 Å². The maximum absolute atomic E-state index is 13.2. The third kappa shape index (κ3) is 5.69. The number of aliphatic hydroxyl groups excluding tert-OH is 1. The smallest absolute Gasteiger partial charge is 0.407 e. The van der Waals surface area contributed by atoms with Gasteiger partial charge in [0, 0.05) is 6.54 Å². The van der Waals surface area contributed by atoms with E-state index in [1.54, 1.807) is 36.4 Å². The van der Waals surface area contributed by atoms with Gasteiger partial charge in [-0.05, 0) is 47.2 Å². The fourth-order valence-corrected chi connectivity index (χ4v) is 4.13. The van der Waals surface area contributed by atoms with Crippen LogP contribution in [0.5, 0.6) is 0 Å². The molecular weight excluding hydrogens is 465 g/mol. The number of imide groups is 1.